The van der Waals surface area contributed by atoms with Gasteiger partial charge in [0.1, 0.15) is 0 Å². The first-order valence-electron chi connectivity index (χ1n) is 7.51. The van der Waals surface area contributed by atoms with E-state index in [1.807, 2.05) is 49.4 Å². The summed E-state index contributed by atoms with van der Waals surface area (Å²) in [6.07, 6.45) is 0.646. The highest BCUT2D eigenvalue weighted by Gasteiger charge is 2.21. The number of anilines is 1. The van der Waals surface area contributed by atoms with Crippen LogP contribution in [0.2, 0.25) is 5.02 Å². The summed E-state index contributed by atoms with van der Waals surface area (Å²) in [5.41, 5.74) is 1.77. The smallest absolute Gasteiger partial charge is 0.316 e. The third-order valence-electron chi connectivity index (χ3n) is 3.44. The highest BCUT2D eigenvalue weighted by molar-refractivity contribution is 6.40. The van der Waals surface area contributed by atoms with Gasteiger partial charge >= 0.3 is 11.8 Å². The van der Waals surface area contributed by atoms with Crippen LogP contribution in [0, 0.1) is 0 Å². The van der Waals surface area contributed by atoms with E-state index in [2.05, 4.69) is 5.32 Å². The molecule has 0 spiro atoms. The Morgan fingerprint density at radius 3 is 2.30 bits per heavy atom. The minimum Gasteiger partial charge on any atom is -0.347 e. The molecule has 2 aromatic carbocycles. The normalized spacial score (nSPS) is 10.2. The van der Waals surface area contributed by atoms with Crippen LogP contribution in [0.15, 0.2) is 54.6 Å². The lowest BCUT2D eigenvalue weighted by atomic mass is 10.1. The molecule has 23 heavy (non-hydrogen) atoms. The van der Waals surface area contributed by atoms with Crippen LogP contribution in [-0.2, 0) is 16.0 Å². The van der Waals surface area contributed by atoms with E-state index in [1.165, 1.54) is 4.90 Å². The Labute approximate surface area is 141 Å². The lowest BCUT2D eigenvalue weighted by Crippen LogP contribution is -2.43. The molecule has 2 amide bonds. The lowest BCUT2D eigenvalue weighted by Gasteiger charge is -2.20. The topological polar surface area (TPSA) is 49.4 Å². The second kappa shape index (κ2) is 8.34. The zero-order valence-corrected chi connectivity index (χ0v) is 13.7. The van der Waals surface area contributed by atoms with Crippen molar-refractivity contribution >= 4 is 29.1 Å². The summed E-state index contributed by atoms with van der Waals surface area (Å²) in [4.78, 5) is 25.8. The van der Waals surface area contributed by atoms with E-state index in [0.29, 0.717) is 30.2 Å². The van der Waals surface area contributed by atoms with Crippen molar-refractivity contribution in [3.63, 3.8) is 0 Å². The van der Waals surface area contributed by atoms with Crippen LogP contribution in [-0.4, -0.2) is 24.9 Å². The van der Waals surface area contributed by atoms with E-state index in [9.17, 15) is 9.59 Å². The van der Waals surface area contributed by atoms with Gasteiger partial charge in [0.25, 0.3) is 0 Å². The number of amides is 2. The molecule has 0 saturated carbocycles. The third-order valence-corrected chi connectivity index (χ3v) is 3.69. The zero-order chi connectivity index (χ0) is 16.7. The van der Waals surface area contributed by atoms with E-state index < -0.39 is 11.8 Å². The summed E-state index contributed by atoms with van der Waals surface area (Å²) < 4.78 is 0. The van der Waals surface area contributed by atoms with Crippen molar-refractivity contribution in [1.82, 2.24) is 5.32 Å². The van der Waals surface area contributed by atoms with Gasteiger partial charge in [0.05, 0.1) is 0 Å². The van der Waals surface area contributed by atoms with Crippen LogP contribution >= 0.6 is 11.6 Å². The van der Waals surface area contributed by atoms with E-state index >= 15 is 0 Å². The number of hydrogen-bond donors (Lipinski definition) is 1. The number of halogens is 1. The molecule has 0 saturated heterocycles. The maximum absolute atomic E-state index is 12.3. The number of nitrogens with one attached hydrogen (secondary N) is 1. The first-order chi connectivity index (χ1) is 11.1. The number of nitrogens with zero attached hydrogens (tertiary/aromatic N) is 1. The standard InChI is InChI=1S/C18H19ClN2O2/c1-2-21(16-6-4-3-5-7-16)18(23)17(22)20-13-12-14-8-10-15(19)11-9-14/h3-11H,2,12-13H2,1H3,(H,20,22). The molecule has 4 nitrogen and oxygen atoms in total. The Balaban J connectivity index is 1.89. The van der Waals surface area contributed by atoms with Gasteiger partial charge in [-0.05, 0) is 43.2 Å². The number of para-hydroxylation sites is 1. The summed E-state index contributed by atoms with van der Waals surface area (Å²) in [5.74, 6) is -1.14. The average molecular weight is 331 g/mol. The molecule has 5 heteroatoms. The van der Waals surface area contributed by atoms with Gasteiger partial charge in [-0.1, -0.05) is 41.9 Å². The van der Waals surface area contributed by atoms with Crippen LogP contribution in [0.4, 0.5) is 5.69 Å². The predicted octanol–water partition coefficient (Wildman–Crippen LogP) is 3.05. The van der Waals surface area contributed by atoms with E-state index in [4.69, 9.17) is 11.6 Å². The fraction of sp³-hybridized carbons (Fsp3) is 0.222. The number of hydrogen-bond acceptors (Lipinski definition) is 2. The fourth-order valence-corrected chi connectivity index (χ4v) is 2.35. The second-order valence-electron chi connectivity index (χ2n) is 5.02. The van der Waals surface area contributed by atoms with Crippen LogP contribution < -0.4 is 10.2 Å². The Morgan fingerprint density at radius 2 is 1.70 bits per heavy atom. The molecule has 0 bridgehead atoms. The SMILES string of the molecule is CCN(C(=O)C(=O)NCCc1ccc(Cl)cc1)c1ccccc1. The second-order valence-corrected chi connectivity index (χ2v) is 5.45. The predicted molar refractivity (Wildman–Crippen MR) is 92.6 cm³/mol. The quantitative estimate of drug-likeness (QED) is 0.857. The van der Waals surface area contributed by atoms with Crippen molar-refractivity contribution in [2.45, 2.75) is 13.3 Å². The van der Waals surface area contributed by atoms with E-state index in [0.717, 1.165) is 5.56 Å². The largest absolute Gasteiger partial charge is 0.347 e. The van der Waals surface area contributed by atoms with Gasteiger partial charge in [-0.2, -0.15) is 0 Å². The van der Waals surface area contributed by atoms with Crippen molar-refractivity contribution in [3.8, 4) is 0 Å². The number of rotatable bonds is 5. The van der Waals surface area contributed by atoms with Crippen LogP contribution in [0.5, 0.6) is 0 Å². The van der Waals surface area contributed by atoms with Crippen molar-refractivity contribution in [2.24, 2.45) is 0 Å². The van der Waals surface area contributed by atoms with Gasteiger partial charge in [0.2, 0.25) is 0 Å². The summed E-state index contributed by atoms with van der Waals surface area (Å²) in [6, 6.07) is 16.6. The number of carbonyl (C=O) groups is 2. The van der Waals surface area contributed by atoms with Gasteiger partial charge in [0.15, 0.2) is 0 Å². The maximum Gasteiger partial charge on any atom is 0.316 e. The van der Waals surface area contributed by atoms with Gasteiger partial charge < -0.3 is 10.2 Å². The van der Waals surface area contributed by atoms with Crippen LogP contribution in [0.3, 0.4) is 0 Å². The molecule has 1 N–H and O–H groups in total. The monoisotopic (exact) mass is 330 g/mol. The molecule has 2 aromatic rings. The van der Waals surface area contributed by atoms with Crippen molar-refractivity contribution < 1.29 is 9.59 Å². The van der Waals surface area contributed by atoms with Gasteiger partial charge in [-0.15, -0.1) is 0 Å². The summed E-state index contributed by atoms with van der Waals surface area (Å²) >= 11 is 5.83. The number of benzene rings is 2. The molecule has 0 aliphatic carbocycles. The molecule has 2 rings (SSSR count). The van der Waals surface area contributed by atoms with E-state index in [-0.39, 0.29) is 0 Å². The molecule has 120 valence electrons. The van der Waals surface area contributed by atoms with Gasteiger partial charge in [-0.25, -0.2) is 0 Å². The first kappa shape index (κ1) is 17.0. The highest BCUT2D eigenvalue weighted by Crippen LogP contribution is 2.13. The summed E-state index contributed by atoms with van der Waals surface area (Å²) in [5, 5.41) is 3.34. The van der Waals surface area contributed by atoms with E-state index in [1.54, 1.807) is 12.1 Å². The van der Waals surface area contributed by atoms with Crippen molar-refractivity contribution in [1.29, 1.82) is 0 Å². The molecule has 0 unspecified atom stereocenters. The molecule has 0 radical (unpaired) electrons. The first-order valence-corrected chi connectivity index (χ1v) is 7.88. The molecular formula is C18H19ClN2O2. The molecule has 0 aromatic heterocycles. The third kappa shape index (κ3) is 4.83. The Hall–Kier alpha value is -2.33. The van der Waals surface area contributed by atoms with Crippen LogP contribution in [0.25, 0.3) is 0 Å². The minimum absolute atomic E-state index is 0.401. The Morgan fingerprint density at radius 1 is 1.04 bits per heavy atom. The zero-order valence-electron chi connectivity index (χ0n) is 13.0. The van der Waals surface area contributed by atoms with Crippen LogP contribution in [0.1, 0.15) is 12.5 Å². The maximum atomic E-state index is 12.3. The molecule has 0 aliphatic rings. The fourth-order valence-electron chi connectivity index (χ4n) is 2.22. The number of likely N-dealkylation sites (N-methyl/N-ethyl adjacent to an activating group) is 1. The lowest BCUT2D eigenvalue weighted by molar-refractivity contribution is -0.137. The molecule has 0 fully saturated rings. The minimum atomic E-state index is -0.593. The average Bonchev–Trinajstić information content (AvgIpc) is 2.58. The highest BCUT2D eigenvalue weighted by atomic mass is 35.5. The molecule has 0 heterocycles. The summed E-state index contributed by atoms with van der Waals surface area (Å²) in [7, 11) is 0. The number of carbonyl (C=O) groups excluding carboxylic acids is 2. The Bertz CT molecular complexity index is 656. The van der Waals surface area contributed by atoms with Gasteiger partial charge in [-0.3, -0.25) is 9.59 Å². The van der Waals surface area contributed by atoms with Gasteiger partial charge in [0, 0.05) is 23.8 Å². The molecule has 0 aliphatic heterocycles. The Kier molecular flexibility index (Phi) is 6.18. The molecule has 0 atom stereocenters. The molecular weight excluding hydrogens is 312 g/mol. The summed E-state index contributed by atoms with van der Waals surface area (Å²) in [6.45, 7) is 2.68. The van der Waals surface area contributed by atoms with Crippen molar-refractivity contribution in [2.75, 3.05) is 18.0 Å². The van der Waals surface area contributed by atoms with Crippen molar-refractivity contribution in [3.05, 3.63) is 65.2 Å².